The third-order valence-electron chi connectivity index (χ3n) is 2.59. The first-order chi connectivity index (χ1) is 9.22. The van der Waals surface area contributed by atoms with Crippen molar-refractivity contribution >= 4 is 0 Å². The number of rotatable bonds is 4. The summed E-state index contributed by atoms with van der Waals surface area (Å²) in [6.45, 7) is 0.769. The smallest absolute Gasteiger partial charge is 0.167 e. The highest BCUT2D eigenvalue weighted by Crippen LogP contribution is 2.25. The lowest BCUT2D eigenvalue weighted by Gasteiger charge is -2.07. The van der Waals surface area contributed by atoms with Gasteiger partial charge in [0.2, 0.25) is 0 Å². The largest absolute Gasteiger partial charge is 0.454 e. The minimum absolute atomic E-state index is 0.111. The Balaban J connectivity index is 2.15. The van der Waals surface area contributed by atoms with Gasteiger partial charge in [0.1, 0.15) is 5.75 Å². The highest BCUT2D eigenvalue weighted by atomic mass is 19.1. The monoisotopic (exact) mass is 256 g/mol. The van der Waals surface area contributed by atoms with Crippen molar-refractivity contribution in [3.8, 4) is 17.6 Å². The quantitative estimate of drug-likeness (QED) is 0.913. The zero-order chi connectivity index (χ0) is 13.7. The average molecular weight is 256 g/mol. The molecule has 0 saturated heterocycles. The van der Waals surface area contributed by atoms with Crippen LogP contribution in [0.1, 0.15) is 11.1 Å². The Labute approximate surface area is 111 Å². The molecule has 0 aliphatic rings. The van der Waals surface area contributed by atoms with Gasteiger partial charge in [0, 0.05) is 6.54 Å². The van der Waals surface area contributed by atoms with E-state index in [1.54, 1.807) is 12.1 Å². The normalized spacial score (nSPS) is 9.95. The zero-order valence-electron chi connectivity index (χ0n) is 10.5. The van der Waals surface area contributed by atoms with E-state index in [0.717, 1.165) is 18.2 Å². The Bertz CT molecular complexity index is 603. The molecule has 19 heavy (non-hydrogen) atoms. The van der Waals surface area contributed by atoms with Crippen molar-refractivity contribution in [2.45, 2.75) is 6.54 Å². The predicted molar refractivity (Wildman–Crippen MR) is 70.4 cm³/mol. The fraction of sp³-hybridized carbons (Fsp3) is 0.133. The topological polar surface area (TPSA) is 45.0 Å². The van der Waals surface area contributed by atoms with Gasteiger partial charge in [-0.2, -0.15) is 5.26 Å². The summed E-state index contributed by atoms with van der Waals surface area (Å²) in [5.41, 5.74) is 1.39. The highest BCUT2D eigenvalue weighted by molar-refractivity contribution is 5.39. The fourth-order valence-electron chi connectivity index (χ4n) is 1.66. The molecule has 0 amide bonds. The third-order valence-corrected chi connectivity index (χ3v) is 2.59. The molecule has 0 atom stereocenters. The van der Waals surface area contributed by atoms with E-state index in [1.807, 2.05) is 25.2 Å². The highest BCUT2D eigenvalue weighted by Gasteiger charge is 2.06. The molecule has 2 aromatic rings. The van der Waals surface area contributed by atoms with E-state index in [0.29, 0.717) is 5.75 Å². The summed E-state index contributed by atoms with van der Waals surface area (Å²) in [4.78, 5) is 0. The number of nitriles is 1. The van der Waals surface area contributed by atoms with Crippen LogP contribution in [0.3, 0.4) is 0 Å². The number of hydrogen-bond acceptors (Lipinski definition) is 3. The van der Waals surface area contributed by atoms with Crippen LogP contribution < -0.4 is 10.1 Å². The van der Waals surface area contributed by atoms with Gasteiger partial charge in [0.25, 0.3) is 0 Å². The van der Waals surface area contributed by atoms with E-state index in [9.17, 15) is 4.39 Å². The third kappa shape index (κ3) is 3.30. The van der Waals surface area contributed by atoms with Gasteiger partial charge in [-0.3, -0.25) is 0 Å². The Hall–Kier alpha value is -2.38. The number of nitrogens with zero attached hydrogens (tertiary/aromatic N) is 1. The van der Waals surface area contributed by atoms with Crippen LogP contribution in [0, 0.1) is 17.1 Å². The van der Waals surface area contributed by atoms with Crippen molar-refractivity contribution in [2.75, 3.05) is 7.05 Å². The van der Waals surface area contributed by atoms with Crippen molar-refractivity contribution in [3.05, 3.63) is 59.4 Å². The summed E-state index contributed by atoms with van der Waals surface area (Å²) in [5, 5.41) is 11.7. The van der Waals surface area contributed by atoms with E-state index < -0.39 is 5.82 Å². The van der Waals surface area contributed by atoms with Crippen LogP contribution in [0.4, 0.5) is 4.39 Å². The fourth-order valence-corrected chi connectivity index (χ4v) is 1.66. The summed E-state index contributed by atoms with van der Waals surface area (Å²) in [6.07, 6.45) is 0. The van der Waals surface area contributed by atoms with Gasteiger partial charge in [-0.15, -0.1) is 0 Å². The zero-order valence-corrected chi connectivity index (χ0v) is 10.5. The molecular weight excluding hydrogens is 243 g/mol. The van der Waals surface area contributed by atoms with Crippen LogP contribution in [0.15, 0.2) is 42.5 Å². The number of halogens is 1. The lowest BCUT2D eigenvalue weighted by molar-refractivity contribution is 0.442. The summed E-state index contributed by atoms with van der Waals surface area (Å²) in [6, 6.07) is 13.4. The molecule has 3 nitrogen and oxygen atoms in total. The molecule has 0 heterocycles. The van der Waals surface area contributed by atoms with E-state index in [2.05, 4.69) is 5.32 Å². The van der Waals surface area contributed by atoms with E-state index in [1.165, 1.54) is 12.1 Å². The van der Waals surface area contributed by atoms with Gasteiger partial charge >= 0.3 is 0 Å². The Morgan fingerprint density at radius 3 is 2.53 bits per heavy atom. The van der Waals surface area contributed by atoms with Crippen LogP contribution in [-0.4, -0.2) is 7.05 Å². The second kappa shape index (κ2) is 5.98. The van der Waals surface area contributed by atoms with Crippen LogP contribution in [0.5, 0.6) is 11.5 Å². The standard InChI is InChI=1S/C15H13FN2O/c1-18-10-11-2-5-13(6-3-11)19-15-7-4-12(9-17)8-14(15)16/h2-8,18H,10H2,1H3. The molecule has 1 N–H and O–H groups in total. The van der Waals surface area contributed by atoms with Gasteiger partial charge < -0.3 is 10.1 Å². The molecule has 2 aromatic carbocycles. The number of benzene rings is 2. The van der Waals surface area contributed by atoms with Gasteiger partial charge in [0.05, 0.1) is 11.6 Å². The van der Waals surface area contributed by atoms with Gasteiger partial charge in [-0.05, 0) is 42.9 Å². The average Bonchev–Trinajstić information content (AvgIpc) is 2.43. The molecule has 0 spiro atoms. The van der Waals surface area contributed by atoms with Crippen LogP contribution in [0.25, 0.3) is 0 Å². The maximum absolute atomic E-state index is 13.6. The summed E-state index contributed by atoms with van der Waals surface area (Å²) >= 11 is 0. The van der Waals surface area contributed by atoms with Crippen LogP contribution >= 0.6 is 0 Å². The predicted octanol–water partition coefficient (Wildman–Crippen LogP) is 3.21. The van der Waals surface area contributed by atoms with Crippen LogP contribution in [0.2, 0.25) is 0 Å². The molecule has 2 rings (SSSR count). The molecule has 0 bridgehead atoms. The first-order valence-electron chi connectivity index (χ1n) is 5.84. The Morgan fingerprint density at radius 2 is 1.95 bits per heavy atom. The Kier molecular flexibility index (Phi) is 4.11. The summed E-state index contributed by atoms with van der Waals surface area (Å²) in [5.74, 6) is 0.127. The van der Waals surface area contributed by atoms with E-state index >= 15 is 0 Å². The molecule has 0 saturated carbocycles. The lowest BCUT2D eigenvalue weighted by atomic mass is 10.2. The van der Waals surface area contributed by atoms with Crippen molar-refractivity contribution in [3.63, 3.8) is 0 Å². The molecule has 0 aliphatic carbocycles. The SMILES string of the molecule is CNCc1ccc(Oc2ccc(C#N)cc2F)cc1. The number of ether oxygens (including phenoxy) is 1. The molecule has 4 heteroatoms. The van der Waals surface area contributed by atoms with Crippen molar-refractivity contribution in [1.82, 2.24) is 5.32 Å². The van der Waals surface area contributed by atoms with Crippen LogP contribution in [-0.2, 0) is 6.54 Å². The second-order valence-corrected chi connectivity index (χ2v) is 4.03. The number of hydrogen-bond donors (Lipinski definition) is 1. The van der Waals surface area contributed by atoms with Crippen molar-refractivity contribution in [2.24, 2.45) is 0 Å². The lowest BCUT2D eigenvalue weighted by Crippen LogP contribution is -2.04. The molecular formula is C15H13FN2O. The van der Waals surface area contributed by atoms with Gasteiger partial charge in [-0.1, -0.05) is 12.1 Å². The molecule has 0 aliphatic heterocycles. The van der Waals surface area contributed by atoms with E-state index in [-0.39, 0.29) is 11.3 Å². The number of nitrogens with one attached hydrogen (secondary N) is 1. The van der Waals surface area contributed by atoms with Crippen molar-refractivity contribution < 1.29 is 9.13 Å². The first-order valence-corrected chi connectivity index (χ1v) is 5.84. The van der Waals surface area contributed by atoms with Crippen molar-refractivity contribution in [1.29, 1.82) is 5.26 Å². The molecule has 0 aromatic heterocycles. The molecule has 96 valence electrons. The van der Waals surface area contributed by atoms with E-state index in [4.69, 9.17) is 10.00 Å². The Morgan fingerprint density at radius 1 is 1.21 bits per heavy atom. The molecule has 0 radical (unpaired) electrons. The minimum atomic E-state index is -0.543. The molecule has 0 unspecified atom stereocenters. The maximum atomic E-state index is 13.6. The first kappa shape index (κ1) is 13.1. The summed E-state index contributed by atoms with van der Waals surface area (Å²) in [7, 11) is 1.87. The second-order valence-electron chi connectivity index (χ2n) is 4.03. The van der Waals surface area contributed by atoms with Gasteiger partial charge in [-0.25, -0.2) is 4.39 Å². The minimum Gasteiger partial charge on any atom is -0.454 e. The van der Waals surface area contributed by atoms with Gasteiger partial charge in [0.15, 0.2) is 11.6 Å². The maximum Gasteiger partial charge on any atom is 0.167 e. The molecule has 0 fully saturated rings. The summed E-state index contributed by atoms with van der Waals surface area (Å²) < 4.78 is 19.1.